The zero-order valence-electron chi connectivity index (χ0n) is 10.7. The smallest absolute Gasteiger partial charge is 0.193 e. The van der Waals surface area contributed by atoms with Gasteiger partial charge in [0.05, 0.1) is 17.3 Å². The van der Waals surface area contributed by atoms with Crippen LogP contribution in [0.4, 0.5) is 5.69 Å². The number of anilines is 1. The minimum Gasteiger partial charge on any atom is -0.370 e. The molecule has 0 heterocycles. The first-order chi connectivity index (χ1) is 9.16. The molecule has 0 unspecified atom stereocenters. The fraction of sp³-hybridized carbons (Fsp3) is 0.133. The highest BCUT2D eigenvalue weighted by molar-refractivity contribution is 6.33. The number of hydrogen-bond donors (Lipinski definition) is 2. The molecule has 19 heavy (non-hydrogen) atoms. The van der Waals surface area contributed by atoms with Crippen molar-refractivity contribution in [1.82, 2.24) is 0 Å². The standard InChI is InChI=1S/C15H16ClN3/c1-11-6-5-9-13(16)14(11)19-15(17)18-10-12-7-3-2-4-8-12/h2-9H,10H2,1H3,(H3,17,18,19). The minimum atomic E-state index is 0.361. The van der Waals surface area contributed by atoms with Crippen molar-refractivity contribution in [2.45, 2.75) is 13.5 Å². The summed E-state index contributed by atoms with van der Waals surface area (Å²) in [4.78, 5) is 4.30. The first kappa shape index (κ1) is 13.4. The summed E-state index contributed by atoms with van der Waals surface area (Å²) in [7, 11) is 0. The summed E-state index contributed by atoms with van der Waals surface area (Å²) < 4.78 is 0. The van der Waals surface area contributed by atoms with Crippen LogP contribution in [0.5, 0.6) is 0 Å². The van der Waals surface area contributed by atoms with E-state index in [2.05, 4.69) is 10.3 Å². The van der Waals surface area contributed by atoms with Crippen molar-refractivity contribution in [2.24, 2.45) is 10.7 Å². The molecule has 0 radical (unpaired) electrons. The molecule has 0 aliphatic carbocycles. The van der Waals surface area contributed by atoms with Crippen molar-refractivity contribution in [1.29, 1.82) is 0 Å². The lowest BCUT2D eigenvalue weighted by Gasteiger charge is -2.10. The van der Waals surface area contributed by atoms with Gasteiger partial charge in [-0.15, -0.1) is 0 Å². The maximum atomic E-state index is 6.12. The molecular formula is C15H16ClN3. The molecule has 0 atom stereocenters. The van der Waals surface area contributed by atoms with Crippen molar-refractivity contribution in [3.8, 4) is 0 Å². The van der Waals surface area contributed by atoms with E-state index in [1.807, 2.05) is 55.5 Å². The number of aryl methyl sites for hydroxylation is 1. The largest absolute Gasteiger partial charge is 0.370 e. The Labute approximate surface area is 118 Å². The van der Waals surface area contributed by atoms with Gasteiger partial charge in [-0.3, -0.25) is 0 Å². The second-order valence-corrected chi connectivity index (χ2v) is 4.65. The third kappa shape index (κ3) is 3.73. The molecule has 0 bridgehead atoms. The number of nitrogens with one attached hydrogen (secondary N) is 1. The Morgan fingerprint density at radius 2 is 1.89 bits per heavy atom. The lowest BCUT2D eigenvalue weighted by Crippen LogP contribution is -2.23. The number of guanidine groups is 1. The summed E-state index contributed by atoms with van der Waals surface area (Å²) in [5, 5.41) is 3.68. The number of aliphatic imine (C=N–C) groups is 1. The maximum Gasteiger partial charge on any atom is 0.193 e. The van der Waals surface area contributed by atoms with Gasteiger partial charge in [0.2, 0.25) is 0 Å². The topological polar surface area (TPSA) is 50.4 Å². The van der Waals surface area contributed by atoms with Crippen LogP contribution in [0.1, 0.15) is 11.1 Å². The Kier molecular flexibility index (Phi) is 4.42. The van der Waals surface area contributed by atoms with Crippen LogP contribution in [0.15, 0.2) is 53.5 Å². The molecule has 98 valence electrons. The predicted octanol–water partition coefficient (Wildman–Crippen LogP) is 3.58. The molecule has 0 aliphatic heterocycles. The normalized spacial score (nSPS) is 11.4. The van der Waals surface area contributed by atoms with Gasteiger partial charge in [0, 0.05) is 0 Å². The SMILES string of the molecule is Cc1cccc(Cl)c1NC(N)=NCc1ccccc1. The van der Waals surface area contributed by atoms with E-state index in [0.717, 1.165) is 16.8 Å². The molecule has 0 fully saturated rings. The van der Waals surface area contributed by atoms with E-state index in [1.165, 1.54) is 0 Å². The molecule has 3 nitrogen and oxygen atoms in total. The summed E-state index contributed by atoms with van der Waals surface area (Å²) in [5.41, 5.74) is 8.82. The van der Waals surface area contributed by atoms with Gasteiger partial charge in [-0.2, -0.15) is 0 Å². The number of nitrogens with two attached hydrogens (primary N) is 1. The molecule has 0 aliphatic rings. The average Bonchev–Trinajstić information content (AvgIpc) is 2.42. The predicted molar refractivity (Wildman–Crippen MR) is 81.6 cm³/mol. The van der Waals surface area contributed by atoms with Gasteiger partial charge in [-0.1, -0.05) is 54.1 Å². The molecular weight excluding hydrogens is 258 g/mol. The number of para-hydroxylation sites is 1. The molecule has 0 amide bonds. The molecule has 0 saturated carbocycles. The summed E-state index contributed by atoms with van der Waals surface area (Å²) >= 11 is 6.12. The zero-order valence-corrected chi connectivity index (χ0v) is 11.5. The highest BCUT2D eigenvalue weighted by Gasteiger charge is 2.04. The fourth-order valence-corrected chi connectivity index (χ4v) is 1.99. The van der Waals surface area contributed by atoms with Crippen molar-refractivity contribution in [3.05, 3.63) is 64.7 Å². The van der Waals surface area contributed by atoms with Crippen LogP contribution in [-0.4, -0.2) is 5.96 Å². The number of halogens is 1. The van der Waals surface area contributed by atoms with E-state index in [4.69, 9.17) is 17.3 Å². The Morgan fingerprint density at radius 1 is 1.16 bits per heavy atom. The number of rotatable bonds is 3. The lowest BCUT2D eigenvalue weighted by atomic mass is 10.2. The van der Waals surface area contributed by atoms with E-state index >= 15 is 0 Å². The Bertz CT molecular complexity index is 559. The van der Waals surface area contributed by atoms with Crippen molar-refractivity contribution in [3.63, 3.8) is 0 Å². The Morgan fingerprint density at radius 3 is 2.58 bits per heavy atom. The molecule has 4 heteroatoms. The van der Waals surface area contributed by atoms with Crippen molar-refractivity contribution >= 4 is 23.2 Å². The number of benzene rings is 2. The maximum absolute atomic E-state index is 6.12. The summed E-state index contributed by atoms with van der Waals surface area (Å²) in [6.45, 7) is 2.52. The molecule has 3 N–H and O–H groups in total. The monoisotopic (exact) mass is 273 g/mol. The van der Waals surface area contributed by atoms with Gasteiger partial charge < -0.3 is 11.1 Å². The van der Waals surface area contributed by atoms with Crippen LogP contribution in [0.3, 0.4) is 0 Å². The first-order valence-electron chi connectivity index (χ1n) is 6.03. The lowest BCUT2D eigenvalue weighted by molar-refractivity contribution is 1.06. The number of hydrogen-bond acceptors (Lipinski definition) is 1. The summed E-state index contributed by atoms with van der Waals surface area (Å²) in [6, 6.07) is 15.6. The van der Waals surface area contributed by atoms with Crippen molar-refractivity contribution in [2.75, 3.05) is 5.32 Å². The van der Waals surface area contributed by atoms with E-state index in [1.54, 1.807) is 0 Å². The van der Waals surface area contributed by atoms with Crippen molar-refractivity contribution < 1.29 is 0 Å². The molecule has 0 spiro atoms. The Balaban J connectivity index is 2.07. The highest BCUT2D eigenvalue weighted by atomic mass is 35.5. The molecule has 2 aromatic rings. The second kappa shape index (κ2) is 6.25. The fourth-order valence-electron chi connectivity index (χ4n) is 1.72. The zero-order chi connectivity index (χ0) is 13.7. The van der Waals surface area contributed by atoms with E-state index in [9.17, 15) is 0 Å². The van der Waals surface area contributed by atoms with E-state index in [0.29, 0.717) is 17.5 Å². The third-order valence-electron chi connectivity index (χ3n) is 2.75. The average molecular weight is 274 g/mol. The van der Waals surface area contributed by atoms with Crippen LogP contribution in [0, 0.1) is 6.92 Å². The van der Waals surface area contributed by atoms with Gasteiger partial charge in [-0.05, 0) is 24.1 Å². The molecule has 0 aromatic heterocycles. The van der Waals surface area contributed by atoms with Gasteiger partial charge in [0.1, 0.15) is 0 Å². The molecule has 0 saturated heterocycles. The second-order valence-electron chi connectivity index (χ2n) is 4.24. The summed E-state index contributed by atoms with van der Waals surface area (Å²) in [5.74, 6) is 0.361. The van der Waals surface area contributed by atoms with Crippen LogP contribution in [0.25, 0.3) is 0 Å². The van der Waals surface area contributed by atoms with Gasteiger partial charge in [0.15, 0.2) is 5.96 Å². The van der Waals surface area contributed by atoms with Crippen LogP contribution >= 0.6 is 11.6 Å². The molecule has 2 aromatic carbocycles. The summed E-state index contributed by atoms with van der Waals surface area (Å²) in [6.07, 6.45) is 0. The third-order valence-corrected chi connectivity index (χ3v) is 3.06. The number of nitrogens with zero attached hydrogens (tertiary/aromatic N) is 1. The van der Waals surface area contributed by atoms with Gasteiger partial charge in [0.25, 0.3) is 0 Å². The highest BCUT2D eigenvalue weighted by Crippen LogP contribution is 2.24. The minimum absolute atomic E-state index is 0.361. The van der Waals surface area contributed by atoms with Crippen LogP contribution in [-0.2, 0) is 6.54 Å². The Hall–Kier alpha value is -2.00. The quantitative estimate of drug-likeness (QED) is 0.663. The molecule has 2 rings (SSSR count). The van der Waals surface area contributed by atoms with E-state index < -0.39 is 0 Å². The van der Waals surface area contributed by atoms with E-state index in [-0.39, 0.29) is 0 Å². The van der Waals surface area contributed by atoms with Crippen LogP contribution in [0.2, 0.25) is 5.02 Å². The van der Waals surface area contributed by atoms with Gasteiger partial charge >= 0.3 is 0 Å². The first-order valence-corrected chi connectivity index (χ1v) is 6.40. The van der Waals surface area contributed by atoms with Gasteiger partial charge in [-0.25, -0.2) is 4.99 Å². The van der Waals surface area contributed by atoms with Crippen LogP contribution < -0.4 is 11.1 Å².